The fraction of sp³-hybridized carbons (Fsp3) is 0.381. The fourth-order valence-corrected chi connectivity index (χ4v) is 4.06. The Hall–Kier alpha value is -2.13. The molecular formula is C21H24N2O. The minimum absolute atomic E-state index is 0.387. The van der Waals surface area contributed by atoms with E-state index >= 15 is 0 Å². The zero-order chi connectivity index (χ0) is 16.5. The predicted octanol–water partition coefficient (Wildman–Crippen LogP) is 4.81. The van der Waals surface area contributed by atoms with Gasteiger partial charge in [0.15, 0.2) is 0 Å². The average molecular weight is 320 g/mol. The molecule has 2 N–H and O–H groups in total. The Balaban J connectivity index is 1.69. The lowest BCUT2D eigenvalue weighted by molar-refractivity contribution is 0.155. The maximum Gasteiger partial charge on any atom is 0.0797 e. The molecule has 0 bridgehead atoms. The molecule has 3 nitrogen and oxygen atoms in total. The van der Waals surface area contributed by atoms with Gasteiger partial charge in [0.05, 0.1) is 6.10 Å². The Bertz CT molecular complexity index is 838. The number of aromatic amines is 1. The first-order chi connectivity index (χ1) is 11.7. The van der Waals surface area contributed by atoms with E-state index in [-0.39, 0.29) is 0 Å². The van der Waals surface area contributed by atoms with E-state index in [9.17, 15) is 5.11 Å². The maximum atomic E-state index is 10.7. The summed E-state index contributed by atoms with van der Waals surface area (Å²) in [6.45, 7) is 2.15. The third kappa shape index (κ3) is 2.84. The van der Waals surface area contributed by atoms with Crippen molar-refractivity contribution in [1.82, 2.24) is 9.97 Å². The van der Waals surface area contributed by atoms with Gasteiger partial charge in [0.2, 0.25) is 0 Å². The monoisotopic (exact) mass is 320 g/mol. The number of hydrogen-bond acceptors (Lipinski definition) is 2. The lowest BCUT2D eigenvalue weighted by atomic mass is 9.90. The normalized spacial score (nSPS) is 19.0. The smallest absolute Gasteiger partial charge is 0.0797 e. The quantitative estimate of drug-likeness (QED) is 0.681. The largest absolute Gasteiger partial charge is 0.388 e. The van der Waals surface area contributed by atoms with Crippen molar-refractivity contribution in [1.29, 1.82) is 0 Å². The number of pyridine rings is 1. The molecule has 0 aliphatic heterocycles. The number of aromatic nitrogens is 2. The zero-order valence-corrected chi connectivity index (χ0v) is 14.1. The first kappa shape index (κ1) is 15.4. The van der Waals surface area contributed by atoms with Crippen molar-refractivity contribution in [2.24, 2.45) is 0 Å². The van der Waals surface area contributed by atoms with Gasteiger partial charge in [-0.3, -0.25) is 4.98 Å². The highest BCUT2D eigenvalue weighted by molar-refractivity contribution is 5.85. The van der Waals surface area contributed by atoms with Crippen LogP contribution in [0.2, 0.25) is 0 Å². The summed E-state index contributed by atoms with van der Waals surface area (Å²) in [5, 5.41) is 12.0. The summed E-state index contributed by atoms with van der Waals surface area (Å²) >= 11 is 0. The molecule has 2 heterocycles. The minimum atomic E-state index is -0.433. The number of H-pyrrole nitrogens is 1. The minimum Gasteiger partial charge on any atom is -0.388 e. The van der Waals surface area contributed by atoms with Gasteiger partial charge in [-0.2, -0.15) is 0 Å². The number of aliphatic hydroxyl groups is 1. The van der Waals surface area contributed by atoms with Crippen molar-refractivity contribution in [3.05, 3.63) is 65.1 Å². The molecule has 0 saturated heterocycles. The Morgan fingerprint density at radius 2 is 2.04 bits per heavy atom. The number of fused-ring (bicyclic) bond motifs is 3. The number of nitrogens with one attached hydrogen (secondary N) is 1. The highest BCUT2D eigenvalue weighted by atomic mass is 16.3. The van der Waals surface area contributed by atoms with Crippen molar-refractivity contribution < 1.29 is 5.11 Å². The van der Waals surface area contributed by atoms with Gasteiger partial charge in [0, 0.05) is 34.9 Å². The van der Waals surface area contributed by atoms with Crippen LogP contribution < -0.4 is 0 Å². The molecule has 0 amide bonds. The molecule has 2 aromatic heterocycles. The molecule has 0 saturated carbocycles. The molecule has 3 aromatic rings. The SMILES string of the molecule is Cc1ccc2[nH]c3c(c2c1)CCCCC3CC(O)c1ccncc1. The van der Waals surface area contributed by atoms with E-state index in [1.165, 1.54) is 40.6 Å². The van der Waals surface area contributed by atoms with E-state index < -0.39 is 6.10 Å². The number of rotatable bonds is 3. The van der Waals surface area contributed by atoms with Crippen molar-refractivity contribution >= 4 is 10.9 Å². The lowest BCUT2D eigenvalue weighted by Crippen LogP contribution is -2.07. The molecule has 24 heavy (non-hydrogen) atoms. The summed E-state index contributed by atoms with van der Waals surface area (Å²) in [7, 11) is 0. The third-order valence-corrected chi connectivity index (χ3v) is 5.33. The Morgan fingerprint density at radius 3 is 2.88 bits per heavy atom. The molecule has 0 fully saturated rings. The molecule has 4 rings (SSSR count). The number of benzene rings is 1. The molecule has 1 aliphatic rings. The third-order valence-electron chi connectivity index (χ3n) is 5.33. The second kappa shape index (κ2) is 6.40. The maximum absolute atomic E-state index is 10.7. The summed E-state index contributed by atoms with van der Waals surface area (Å²) in [5.41, 5.74) is 6.32. The molecule has 1 aromatic carbocycles. The van der Waals surface area contributed by atoms with Gasteiger partial charge in [-0.1, -0.05) is 18.1 Å². The van der Waals surface area contributed by atoms with Gasteiger partial charge in [0.1, 0.15) is 0 Å². The van der Waals surface area contributed by atoms with Crippen molar-refractivity contribution in [3.63, 3.8) is 0 Å². The summed E-state index contributed by atoms with van der Waals surface area (Å²) < 4.78 is 0. The average Bonchev–Trinajstić information content (AvgIpc) is 2.84. The number of aliphatic hydroxyl groups excluding tert-OH is 1. The van der Waals surface area contributed by atoms with Crippen molar-refractivity contribution in [3.8, 4) is 0 Å². The molecule has 1 aliphatic carbocycles. The van der Waals surface area contributed by atoms with Crippen molar-refractivity contribution in [2.45, 2.75) is 51.0 Å². The summed E-state index contributed by atoms with van der Waals surface area (Å²) in [5.74, 6) is 0.387. The first-order valence-corrected chi connectivity index (χ1v) is 8.91. The molecule has 3 heteroatoms. The van der Waals surface area contributed by atoms with Crippen LogP contribution in [0.1, 0.15) is 60.1 Å². The fourth-order valence-electron chi connectivity index (χ4n) is 4.06. The topological polar surface area (TPSA) is 48.9 Å². The second-order valence-corrected chi connectivity index (χ2v) is 7.04. The molecular weight excluding hydrogens is 296 g/mol. The van der Waals surface area contributed by atoms with Gasteiger partial charge < -0.3 is 10.1 Å². The van der Waals surface area contributed by atoms with Gasteiger partial charge in [-0.05, 0) is 68.0 Å². The van der Waals surface area contributed by atoms with Crippen LogP contribution in [-0.4, -0.2) is 15.1 Å². The zero-order valence-electron chi connectivity index (χ0n) is 14.1. The van der Waals surface area contributed by atoms with Crippen molar-refractivity contribution in [2.75, 3.05) is 0 Å². The van der Waals surface area contributed by atoms with Crippen LogP contribution in [-0.2, 0) is 6.42 Å². The van der Waals surface area contributed by atoms with E-state index in [2.05, 4.69) is 35.1 Å². The van der Waals surface area contributed by atoms with E-state index in [1.807, 2.05) is 12.1 Å². The van der Waals surface area contributed by atoms with Crippen LogP contribution in [0, 0.1) is 6.92 Å². The van der Waals surface area contributed by atoms with Crippen LogP contribution in [0.4, 0.5) is 0 Å². The van der Waals surface area contributed by atoms with Gasteiger partial charge in [-0.25, -0.2) is 0 Å². The van der Waals surface area contributed by atoms with Crippen LogP contribution in [0.25, 0.3) is 10.9 Å². The van der Waals surface area contributed by atoms with E-state index in [0.29, 0.717) is 5.92 Å². The number of hydrogen-bond donors (Lipinski definition) is 2. The Kier molecular flexibility index (Phi) is 4.11. The lowest BCUT2D eigenvalue weighted by Gasteiger charge is -2.19. The number of nitrogens with zero attached hydrogens (tertiary/aromatic N) is 1. The van der Waals surface area contributed by atoms with E-state index in [4.69, 9.17) is 0 Å². The predicted molar refractivity (Wildman–Crippen MR) is 97.1 cm³/mol. The molecule has 124 valence electrons. The molecule has 2 unspecified atom stereocenters. The first-order valence-electron chi connectivity index (χ1n) is 8.91. The summed E-state index contributed by atoms with van der Waals surface area (Å²) in [6, 6.07) is 10.5. The van der Waals surface area contributed by atoms with Gasteiger partial charge >= 0.3 is 0 Å². The Morgan fingerprint density at radius 1 is 1.21 bits per heavy atom. The van der Waals surface area contributed by atoms with E-state index in [0.717, 1.165) is 24.8 Å². The van der Waals surface area contributed by atoms with E-state index in [1.54, 1.807) is 12.4 Å². The summed E-state index contributed by atoms with van der Waals surface area (Å²) in [4.78, 5) is 7.71. The highest BCUT2D eigenvalue weighted by Crippen LogP contribution is 2.39. The standard InChI is InChI=1S/C21H24N2O/c1-14-6-7-19-18(12-14)17-5-3-2-4-16(21(17)23-19)13-20(24)15-8-10-22-11-9-15/h6-12,16,20,23-24H,2-5,13H2,1H3. The summed E-state index contributed by atoms with van der Waals surface area (Å²) in [6.07, 6.45) is 8.58. The van der Waals surface area contributed by atoms with Gasteiger partial charge in [0.25, 0.3) is 0 Å². The van der Waals surface area contributed by atoms with Gasteiger partial charge in [-0.15, -0.1) is 0 Å². The molecule has 0 spiro atoms. The Labute approximate surface area is 142 Å². The molecule has 0 radical (unpaired) electrons. The van der Waals surface area contributed by atoms with Crippen LogP contribution in [0.5, 0.6) is 0 Å². The highest BCUT2D eigenvalue weighted by Gasteiger charge is 2.25. The molecule has 2 atom stereocenters. The van der Waals surface area contributed by atoms with Crippen LogP contribution in [0.3, 0.4) is 0 Å². The number of aryl methyl sites for hydroxylation is 2. The van der Waals surface area contributed by atoms with Crippen LogP contribution in [0.15, 0.2) is 42.7 Å². The van der Waals surface area contributed by atoms with Crippen LogP contribution >= 0.6 is 0 Å². The second-order valence-electron chi connectivity index (χ2n) is 7.04.